The van der Waals surface area contributed by atoms with Gasteiger partial charge in [0.2, 0.25) is 0 Å². The molecule has 80 valence electrons. The zero-order valence-corrected chi connectivity index (χ0v) is 12.2. The molecule has 0 saturated carbocycles. The fourth-order valence-electron chi connectivity index (χ4n) is 1.05. The van der Waals surface area contributed by atoms with Gasteiger partial charge in [0, 0.05) is 31.1 Å². The van der Waals surface area contributed by atoms with Gasteiger partial charge in [-0.3, -0.25) is 10.3 Å². The van der Waals surface area contributed by atoms with Crippen LogP contribution < -0.4 is 0 Å². The van der Waals surface area contributed by atoms with Gasteiger partial charge in [-0.2, -0.15) is 0 Å². The average molecular weight is 299 g/mol. The van der Waals surface area contributed by atoms with Crippen molar-refractivity contribution in [2.75, 3.05) is 0 Å². The van der Waals surface area contributed by atoms with Crippen molar-refractivity contribution in [3.63, 3.8) is 0 Å². The normalized spacial score (nSPS) is 12.3. The van der Waals surface area contributed by atoms with Crippen LogP contribution in [0.25, 0.3) is 0 Å². The number of benzene rings is 1. The first-order chi connectivity index (χ1) is 6.84. The van der Waals surface area contributed by atoms with Gasteiger partial charge in [0.25, 0.3) is 0 Å². The van der Waals surface area contributed by atoms with Gasteiger partial charge in [-0.15, -0.1) is 10.8 Å². The van der Waals surface area contributed by atoms with E-state index in [1.54, 1.807) is 0 Å². The molecule has 0 N–H and O–H groups in total. The summed E-state index contributed by atoms with van der Waals surface area (Å²) in [5, 5.41) is 2.88. The van der Waals surface area contributed by atoms with E-state index in [9.17, 15) is 4.21 Å². The molecular weight excluding hydrogens is 283 g/mol. The smallest absolute Gasteiger partial charge is 0.00771 e. The van der Waals surface area contributed by atoms with E-state index in [4.69, 9.17) is 0 Å². The molecule has 1 unspecified atom stereocenters. The fourth-order valence-corrected chi connectivity index (χ4v) is 1.86. The van der Waals surface area contributed by atoms with Crippen LogP contribution in [0.4, 0.5) is 0 Å². The van der Waals surface area contributed by atoms with Gasteiger partial charge < -0.3 is 5.41 Å². The molecule has 0 aromatic heterocycles. The third-order valence-electron chi connectivity index (χ3n) is 1.85. The predicted octanol–water partition coefficient (Wildman–Crippen LogP) is 3.30. The van der Waals surface area contributed by atoms with E-state index in [0.29, 0.717) is 0 Å². The van der Waals surface area contributed by atoms with Crippen LogP contribution in [0, 0.1) is 5.41 Å². The number of rotatable bonds is 5. The van der Waals surface area contributed by atoms with Gasteiger partial charge in [-0.1, -0.05) is 44.4 Å². The van der Waals surface area contributed by atoms with Gasteiger partial charge in [0.15, 0.2) is 0 Å². The Morgan fingerprint density at radius 3 is 2.60 bits per heavy atom. The molecule has 0 bridgehead atoms. The van der Waals surface area contributed by atoms with E-state index >= 15 is 0 Å². The first kappa shape index (κ1) is 15.0. The van der Waals surface area contributed by atoms with Gasteiger partial charge in [0.05, 0.1) is 0 Å². The molecule has 0 amide bonds. The summed E-state index contributed by atoms with van der Waals surface area (Å²) in [6.45, 7) is 2.14. The molecule has 0 heterocycles. The van der Waals surface area contributed by atoms with Crippen LogP contribution in [0.3, 0.4) is 0 Å². The van der Waals surface area contributed by atoms with Gasteiger partial charge in [0.1, 0.15) is 0 Å². The van der Waals surface area contributed by atoms with E-state index in [2.05, 4.69) is 12.3 Å². The minimum Gasteiger partial charge on any atom is -0.396 e. The van der Waals surface area contributed by atoms with Crippen molar-refractivity contribution in [2.45, 2.75) is 31.1 Å². The minimum absolute atomic E-state index is 0. The Hall–Kier alpha value is -0.00688. The van der Waals surface area contributed by atoms with Gasteiger partial charge >= 0.3 is 0 Å². The van der Waals surface area contributed by atoms with Crippen LogP contribution in [-0.4, -0.2) is 4.21 Å². The fraction of sp³-hybridized carbons (Fsp3) is 0.333. The van der Waals surface area contributed by atoms with Gasteiger partial charge in [-0.25, -0.2) is 0 Å². The standard InChI is InChI=1S/C12H15OS.Zr/c1-2-3-4-8-11-14(13)12-9-6-5-7-10-12;/h5-10H,2-4H2,1H3;/q-1;. The van der Waals surface area contributed by atoms with Crippen molar-refractivity contribution < 1.29 is 30.4 Å². The van der Waals surface area contributed by atoms with Crippen molar-refractivity contribution in [2.24, 2.45) is 0 Å². The Kier molecular flexibility index (Phi) is 9.23. The quantitative estimate of drug-likeness (QED) is 0.602. The molecule has 1 aromatic rings. The second-order valence-electron chi connectivity index (χ2n) is 3.05. The number of unbranched alkanes of at least 4 members (excludes halogenated alkanes) is 2. The average Bonchev–Trinajstić information content (AvgIpc) is 2.25. The summed E-state index contributed by atoms with van der Waals surface area (Å²) in [5.74, 6) is 0. The Morgan fingerprint density at radius 1 is 1.33 bits per heavy atom. The zero-order valence-electron chi connectivity index (χ0n) is 8.90. The van der Waals surface area contributed by atoms with Crippen LogP contribution in [-0.2, 0) is 37.0 Å². The molecule has 0 saturated heterocycles. The zero-order chi connectivity index (χ0) is 10.2. The van der Waals surface area contributed by atoms with Crippen LogP contribution in [0.1, 0.15) is 26.2 Å². The Morgan fingerprint density at radius 2 is 2.00 bits per heavy atom. The maximum Gasteiger partial charge on any atom is 0.00771 e. The molecule has 0 aliphatic heterocycles. The second kappa shape index (κ2) is 9.24. The monoisotopic (exact) mass is 297 g/mol. The largest absolute Gasteiger partial charge is 0.396 e. The predicted molar refractivity (Wildman–Crippen MR) is 60.2 cm³/mol. The third-order valence-corrected chi connectivity index (χ3v) is 2.93. The number of allylic oxidation sites excluding steroid dienone is 1. The summed E-state index contributed by atoms with van der Waals surface area (Å²) < 4.78 is 11.6. The number of hydrogen-bond donors (Lipinski definition) is 0. The van der Waals surface area contributed by atoms with Crippen LogP contribution in [0.15, 0.2) is 41.3 Å². The van der Waals surface area contributed by atoms with E-state index in [-0.39, 0.29) is 26.2 Å². The minimum atomic E-state index is -1.09. The summed E-state index contributed by atoms with van der Waals surface area (Å²) in [6.07, 6.45) is 5.15. The molecule has 1 nitrogen and oxygen atoms in total. The third kappa shape index (κ3) is 6.22. The summed E-state index contributed by atoms with van der Waals surface area (Å²) in [7, 11) is -1.09. The van der Waals surface area contributed by atoms with E-state index in [1.807, 2.05) is 36.4 Å². The Bertz CT molecular complexity index is 309. The van der Waals surface area contributed by atoms with E-state index < -0.39 is 10.8 Å². The maximum atomic E-state index is 11.6. The topological polar surface area (TPSA) is 17.1 Å². The van der Waals surface area contributed by atoms with Crippen LogP contribution >= 0.6 is 0 Å². The first-order valence-electron chi connectivity index (χ1n) is 4.89. The van der Waals surface area contributed by atoms with Gasteiger partial charge in [-0.05, 0) is 12.1 Å². The molecular formula is C12H15OSZr-. The molecule has 0 radical (unpaired) electrons. The summed E-state index contributed by atoms with van der Waals surface area (Å²) in [5.41, 5.74) is 0. The summed E-state index contributed by atoms with van der Waals surface area (Å²) in [6, 6.07) is 9.41. The maximum absolute atomic E-state index is 11.6. The second-order valence-corrected chi connectivity index (χ2v) is 4.29. The summed E-state index contributed by atoms with van der Waals surface area (Å²) in [4.78, 5) is 0.820. The van der Waals surface area contributed by atoms with Crippen molar-refractivity contribution in [1.29, 1.82) is 0 Å². The van der Waals surface area contributed by atoms with Crippen molar-refractivity contribution >= 4 is 10.8 Å². The Labute approximate surface area is 114 Å². The van der Waals surface area contributed by atoms with E-state index in [0.717, 1.165) is 24.2 Å². The molecule has 1 atom stereocenters. The van der Waals surface area contributed by atoms with E-state index in [1.165, 1.54) is 0 Å². The molecule has 0 aliphatic carbocycles. The molecule has 3 heteroatoms. The first-order valence-corrected chi connectivity index (χ1v) is 6.04. The van der Waals surface area contributed by atoms with Crippen molar-refractivity contribution in [1.82, 2.24) is 0 Å². The van der Waals surface area contributed by atoms with Crippen LogP contribution in [0.2, 0.25) is 0 Å². The van der Waals surface area contributed by atoms with Crippen LogP contribution in [0.5, 0.6) is 0 Å². The molecule has 15 heavy (non-hydrogen) atoms. The molecule has 0 spiro atoms. The molecule has 0 fully saturated rings. The van der Waals surface area contributed by atoms with Crippen molar-refractivity contribution in [3.05, 3.63) is 41.8 Å². The summed E-state index contributed by atoms with van der Waals surface area (Å²) >= 11 is 0. The molecule has 0 aliphatic rings. The molecule has 1 rings (SSSR count). The Balaban J connectivity index is 0.00000196. The van der Waals surface area contributed by atoms with Crippen molar-refractivity contribution in [3.8, 4) is 0 Å². The number of hydrogen-bond acceptors (Lipinski definition) is 1. The molecule has 1 aromatic carbocycles. The SMILES string of the molecule is CCCCC=[C-]S(=O)c1ccccc1.[Zr].